The Bertz CT molecular complexity index is 510. The van der Waals surface area contributed by atoms with Gasteiger partial charge in [-0.05, 0) is 35.0 Å². The second kappa shape index (κ2) is 4.44. The number of H-pyrrole nitrogens is 1. The first-order valence-electron chi connectivity index (χ1n) is 4.60. The fourth-order valence-corrected chi connectivity index (χ4v) is 1.63. The Morgan fingerprint density at radius 2 is 2.31 bits per heavy atom. The molecule has 82 valence electrons. The summed E-state index contributed by atoms with van der Waals surface area (Å²) < 4.78 is 0.742. The average Bonchev–Trinajstić information content (AvgIpc) is 2.75. The van der Waals surface area contributed by atoms with E-state index in [1.807, 2.05) is 6.92 Å². The zero-order valence-electron chi connectivity index (χ0n) is 8.49. The van der Waals surface area contributed by atoms with Gasteiger partial charge in [-0.2, -0.15) is 5.10 Å². The molecule has 0 atom stereocenters. The van der Waals surface area contributed by atoms with Gasteiger partial charge in [-0.1, -0.05) is 0 Å². The van der Waals surface area contributed by atoms with Crippen molar-refractivity contribution in [3.05, 3.63) is 40.4 Å². The lowest BCUT2D eigenvalue weighted by Crippen LogP contribution is -2.12. The highest BCUT2D eigenvalue weighted by atomic mass is 79.9. The van der Waals surface area contributed by atoms with Gasteiger partial charge >= 0.3 is 0 Å². The van der Waals surface area contributed by atoms with E-state index in [2.05, 4.69) is 36.4 Å². The first-order valence-corrected chi connectivity index (χ1v) is 5.39. The third kappa shape index (κ3) is 2.27. The number of hydrogen-bond donors (Lipinski definition) is 2. The van der Waals surface area contributed by atoms with Gasteiger partial charge in [0.1, 0.15) is 4.60 Å². The number of amides is 1. The summed E-state index contributed by atoms with van der Waals surface area (Å²) in [5.74, 6) is -0.207. The van der Waals surface area contributed by atoms with Gasteiger partial charge in [-0.3, -0.25) is 9.89 Å². The topological polar surface area (TPSA) is 70.7 Å². The molecule has 0 saturated heterocycles. The van der Waals surface area contributed by atoms with Crippen LogP contribution >= 0.6 is 15.9 Å². The second-order valence-electron chi connectivity index (χ2n) is 3.21. The predicted molar refractivity (Wildman–Crippen MR) is 63.2 cm³/mol. The van der Waals surface area contributed by atoms with Gasteiger partial charge < -0.3 is 5.32 Å². The lowest BCUT2D eigenvalue weighted by molar-refractivity contribution is 0.102. The van der Waals surface area contributed by atoms with Crippen LogP contribution in [0.3, 0.4) is 0 Å². The zero-order chi connectivity index (χ0) is 11.5. The molecule has 2 aromatic rings. The van der Waals surface area contributed by atoms with Crippen molar-refractivity contribution in [1.82, 2.24) is 15.2 Å². The van der Waals surface area contributed by atoms with E-state index in [1.165, 1.54) is 12.4 Å². The lowest BCUT2D eigenvalue weighted by atomic mass is 10.3. The van der Waals surface area contributed by atoms with Gasteiger partial charge in [0.2, 0.25) is 0 Å². The molecule has 2 heterocycles. The Morgan fingerprint density at radius 3 is 2.94 bits per heavy atom. The van der Waals surface area contributed by atoms with Gasteiger partial charge in [0, 0.05) is 6.20 Å². The number of anilines is 1. The Balaban J connectivity index is 2.18. The summed E-state index contributed by atoms with van der Waals surface area (Å²) in [5.41, 5.74) is 1.93. The largest absolute Gasteiger partial charge is 0.320 e. The highest BCUT2D eigenvalue weighted by Crippen LogP contribution is 2.16. The van der Waals surface area contributed by atoms with Gasteiger partial charge in [0.15, 0.2) is 0 Å². The zero-order valence-corrected chi connectivity index (χ0v) is 10.1. The van der Waals surface area contributed by atoms with Gasteiger partial charge in [-0.25, -0.2) is 4.98 Å². The molecule has 2 N–H and O–H groups in total. The summed E-state index contributed by atoms with van der Waals surface area (Å²) >= 11 is 3.26. The van der Waals surface area contributed by atoms with Crippen molar-refractivity contribution in [3.63, 3.8) is 0 Å². The van der Waals surface area contributed by atoms with Crippen LogP contribution in [-0.4, -0.2) is 21.1 Å². The molecule has 0 aromatic carbocycles. The standard InChI is InChI=1S/C10H9BrN4O/c1-6-8(2-3-9(11)14-6)15-10(16)7-4-12-13-5-7/h2-5H,1H3,(H,12,13)(H,15,16). The molecule has 2 rings (SSSR count). The van der Waals surface area contributed by atoms with Crippen LogP contribution in [0.5, 0.6) is 0 Å². The molecule has 5 nitrogen and oxygen atoms in total. The molecule has 0 aliphatic carbocycles. The van der Waals surface area contributed by atoms with E-state index in [0.29, 0.717) is 11.3 Å². The molecule has 6 heteroatoms. The van der Waals surface area contributed by atoms with Crippen LogP contribution in [-0.2, 0) is 0 Å². The summed E-state index contributed by atoms with van der Waals surface area (Å²) in [6.45, 7) is 1.83. The molecule has 0 radical (unpaired) electrons. The Hall–Kier alpha value is -1.69. The first-order chi connectivity index (χ1) is 7.66. The highest BCUT2D eigenvalue weighted by Gasteiger charge is 2.08. The molecule has 1 amide bonds. The minimum Gasteiger partial charge on any atom is -0.320 e. The average molecular weight is 281 g/mol. The van der Waals surface area contributed by atoms with Crippen LogP contribution < -0.4 is 5.32 Å². The van der Waals surface area contributed by atoms with Crippen molar-refractivity contribution in [2.75, 3.05) is 5.32 Å². The van der Waals surface area contributed by atoms with Gasteiger partial charge in [0.25, 0.3) is 5.91 Å². The van der Waals surface area contributed by atoms with Crippen molar-refractivity contribution in [2.45, 2.75) is 6.92 Å². The van der Waals surface area contributed by atoms with Crippen molar-refractivity contribution >= 4 is 27.5 Å². The normalized spacial score (nSPS) is 10.1. The third-order valence-electron chi connectivity index (χ3n) is 2.06. The smallest absolute Gasteiger partial charge is 0.258 e. The molecule has 0 unspecified atom stereocenters. The summed E-state index contributed by atoms with van der Waals surface area (Å²) in [6, 6.07) is 3.57. The number of rotatable bonds is 2. The predicted octanol–water partition coefficient (Wildman–Crippen LogP) is 2.13. The maximum Gasteiger partial charge on any atom is 0.258 e. The monoisotopic (exact) mass is 280 g/mol. The minimum atomic E-state index is -0.207. The fraction of sp³-hybridized carbons (Fsp3) is 0.100. The van der Waals surface area contributed by atoms with E-state index < -0.39 is 0 Å². The summed E-state index contributed by atoms with van der Waals surface area (Å²) in [4.78, 5) is 15.9. The van der Waals surface area contributed by atoms with E-state index in [4.69, 9.17) is 0 Å². The molecule has 16 heavy (non-hydrogen) atoms. The Morgan fingerprint density at radius 1 is 1.50 bits per heavy atom. The molecule has 0 aliphatic heterocycles. The molecule has 0 aliphatic rings. The van der Waals surface area contributed by atoms with E-state index in [0.717, 1.165) is 10.3 Å². The maximum atomic E-state index is 11.7. The van der Waals surface area contributed by atoms with Gasteiger partial charge in [0.05, 0.1) is 23.1 Å². The number of aromatic nitrogens is 3. The number of hydrogen-bond acceptors (Lipinski definition) is 3. The molecule has 0 spiro atoms. The van der Waals surface area contributed by atoms with Crippen LogP contribution in [0.2, 0.25) is 0 Å². The first kappa shape index (κ1) is 10.8. The number of carbonyl (C=O) groups excluding carboxylic acids is 1. The van der Waals surface area contributed by atoms with Crippen molar-refractivity contribution < 1.29 is 4.79 Å². The SMILES string of the molecule is Cc1nc(Br)ccc1NC(=O)c1cn[nH]c1. The number of aromatic amines is 1. The quantitative estimate of drug-likeness (QED) is 0.828. The van der Waals surface area contributed by atoms with Gasteiger partial charge in [-0.15, -0.1) is 0 Å². The van der Waals surface area contributed by atoms with Crippen LogP contribution in [0.15, 0.2) is 29.1 Å². The Kier molecular flexibility index (Phi) is 3.00. The van der Waals surface area contributed by atoms with Crippen LogP contribution in [0.25, 0.3) is 0 Å². The highest BCUT2D eigenvalue weighted by molar-refractivity contribution is 9.10. The lowest BCUT2D eigenvalue weighted by Gasteiger charge is -2.06. The van der Waals surface area contributed by atoms with E-state index in [9.17, 15) is 4.79 Å². The number of halogens is 1. The van der Waals surface area contributed by atoms with Crippen LogP contribution in [0, 0.1) is 6.92 Å². The van der Waals surface area contributed by atoms with Crippen LogP contribution in [0.1, 0.15) is 16.1 Å². The third-order valence-corrected chi connectivity index (χ3v) is 2.50. The number of nitrogens with zero attached hydrogens (tertiary/aromatic N) is 2. The molecule has 0 saturated carbocycles. The fourth-order valence-electron chi connectivity index (χ4n) is 1.23. The van der Waals surface area contributed by atoms with E-state index in [1.54, 1.807) is 12.1 Å². The number of nitrogens with one attached hydrogen (secondary N) is 2. The maximum absolute atomic E-state index is 11.7. The second-order valence-corrected chi connectivity index (χ2v) is 4.02. The van der Waals surface area contributed by atoms with E-state index >= 15 is 0 Å². The molecule has 0 bridgehead atoms. The van der Waals surface area contributed by atoms with E-state index in [-0.39, 0.29) is 5.91 Å². The molecule has 2 aromatic heterocycles. The minimum absolute atomic E-state index is 0.207. The van der Waals surface area contributed by atoms with Crippen molar-refractivity contribution in [1.29, 1.82) is 0 Å². The molecular formula is C10H9BrN4O. The number of pyridine rings is 1. The number of carbonyl (C=O) groups is 1. The molecular weight excluding hydrogens is 272 g/mol. The molecule has 0 fully saturated rings. The van der Waals surface area contributed by atoms with Crippen molar-refractivity contribution in [2.24, 2.45) is 0 Å². The number of aryl methyl sites for hydroxylation is 1. The Labute approximate surface area is 100 Å². The summed E-state index contributed by atoms with van der Waals surface area (Å²) in [5, 5.41) is 9.06. The summed E-state index contributed by atoms with van der Waals surface area (Å²) in [7, 11) is 0. The van der Waals surface area contributed by atoms with Crippen molar-refractivity contribution in [3.8, 4) is 0 Å². The van der Waals surface area contributed by atoms with Crippen LogP contribution in [0.4, 0.5) is 5.69 Å². The summed E-state index contributed by atoms with van der Waals surface area (Å²) in [6.07, 6.45) is 3.01.